The third-order valence-corrected chi connectivity index (χ3v) is 11.9. The molecule has 11 aromatic rings. The molecule has 0 fully saturated rings. The quantitative estimate of drug-likeness (QED) is 0.154. The first kappa shape index (κ1) is 30.3. The van der Waals surface area contributed by atoms with E-state index in [1.165, 1.54) is 0 Å². The van der Waals surface area contributed by atoms with Crippen LogP contribution in [-0.2, 0) is 0 Å². The molecule has 4 heteroatoms. The lowest BCUT2D eigenvalue weighted by molar-refractivity contribution is 1.07. The van der Waals surface area contributed by atoms with Crippen LogP contribution in [0, 0.1) is 0 Å². The highest BCUT2D eigenvalue weighted by Crippen LogP contribution is 2.42. The molecular formula is C57H37N3S. The molecule has 0 amide bonds. The average molecular weight is 802 g/mol. The minimum Gasteiger partial charge on any atom is -0.208 e. The van der Waals surface area contributed by atoms with Gasteiger partial charge in [-0.3, -0.25) is 0 Å². The van der Waals surface area contributed by atoms with Gasteiger partial charge < -0.3 is 0 Å². The highest BCUT2D eigenvalue weighted by molar-refractivity contribution is 7.26. The van der Waals surface area contributed by atoms with Gasteiger partial charge in [0.1, 0.15) is 0 Å². The molecule has 0 radical (unpaired) electrons. The van der Waals surface area contributed by atoms with E-state index < -0.39 is 0 Å². The Hall–Kier alpha value is -7.79. The second kappa shape index (κ2) is 15.8. The molecule has 3 nitrogen and oxygen atoms in total. The summed E-state index contributed by atoms with van der Waals surface area (Å²) < 4.78 is 56.4. The lowest BCUT2D eigenvalue weighted by atomic mass is 9.95. The van der Waals surface area contributed by atoms with Crippen molar-refractivity contribution in [1.82, 2.24) is 15.0 Å². The van der Waals surface area contributed by atoms with Gasteiger partial charge in [0.05, 0.1) is 8.22 Å². The van der Waals surface area contributed by atoms with Crippen LogP contribution in [0.5, 0.6) is 0 Å². The Balaban J connectivity index is 1.13. The second-order valence-corrected chi connectivity index (χ2v) is 15.8. The molecule has 9 aromatic carbocycles. The third-order valence-electron chi connectivity index (χ3n) is 10.8. The molecule has 286 valence electrons. The summed E-state index contributed by atoms with van der Waals surface area (Å²) in [6.45, 7) is 0. The summed E-state index contributed by atoms with van der Waals surface area (Å²) in [5.74, 6) is 0.717. The van der Waals surface area contributed by atoms with E-state index in [1.54, 1.807) is 0 Å². The van der Waals surface area contributed by atoms with Crippen LogP contribution in [0.2, 0.25) is 0 Å². The monoisotopic (exact) mass is 801 g/mol. The summed E-state index contributed by atoms with van der Waals surface area (Å²) in [5.41, 5.74) is 10.7. The fourth-order valence-corrected chi connectivity index (χ4v) is 8.82. The number of hydrogen-bond acceptors (Lipinski definition) is 4. The number of thiophene rings is 1. The van der Waals surface area contributed by atoms with E-state index in [9.17, 15) is 4.11 Å². The van der Waals surface area contributed by atoms with Gasteiger partial charge in [-0.05, 0) is 92.0 Å². The predicted octanol–water partition coefficient (Wildman–Crippen LogP) is 15.6. The Kier molecular flexibility index (Phi) is 7.82. The minimum absolute atomic E-state index is 0.0517. The second-order valence-electron chi connectivity index (χ2n) is 14.7. The van der Waals surface area contributed by atoms with Gasteiger partial charge >= 0.3 is 0 Å². The van der Waals surface area contributed by atoms with Crippen LogP contribution in [0.4, 0.5) is 0 Å². The lowest BCUT2D eigenvalue weighted by Gasteiger charge is -2.13. The van der Waals surface area contributed by atoms with Crippen molar-refractivity contribution in [1.29, 1.82) is 0 Å². The molecule has 0 saturated heterocycles. The largest absolute Gasteiger partial charge is 0.208 e. The van der Waals surface area contributed by atoms with E-state index in [0.29, 0.717) is 54.1 Å². The van der Waals surface area contributed by atoms with Crippen molar-refractivity contribution in [2.75, 3.05) is 0 Å². The molecule has 2 heterocycles. The number of aromatic nitrogens is 3. The van der Waals surface area contributed by atoms with Gasteiger partial charge in [-0.1, -0.05) is 188 Å². The summed E-state index contributed by atoms with van der Waals surface area (Å²) in [6.07, 6.45) is 0. The molecule has 0 aliphatic carbocycles. The number of hydrogen-bond donors (Lipinski definition) is 0. The van der Waals surface area contributed by atoms with E-state index in [1.807, 2.05) is 121 Å². The van der Waals surface area contributed by atoms with E-state index in [2.05, 4.69) is 66.7 Å². The third kappa shape index (κ3) is 7.20. The maximum absolute atomic E-state index is 9.80. The molecular weight excluding hydrogens is 759 g/mol. The molecule has 0 atom stereocenters. The van der Waals surface area contributed by atoms with E-state index in [-0.39, 0.29) is 47.6 Å². The molecule has 0 saturated carbocycles. The van der Waals surface area contributed by atoms with Crippen molar-refractivity contribution in [2.45, 2.75) is 0 Å². The molecule has 0 unspecified atom stereocenters. The summed E-state index contributed by atoms with van der Waals surface area (Å²) in [6, 6.07) is 61.3. The molecule has 0 aliphatic rings. The standard InChI is InChI=1S/C57H37N3S/c1-5-15-38(16-6-1)44-23-13-24-45(33-44)41-27-29-43(30-28-41)55-58-56(46-31-32-51-53(37-46)61-52-26-14-25-50(54(51)52)42-21-11-4-12-22-42)60-57(59-55)49-35-47(39-17-7-2-8-18-39)34-48(36-49)40-19-9-3-10-20-40/h1-37H/i14D,25D,26D,31D,32D,37D. The van der Waals surface area contributed by atoms with E-state index in [0.717, 1.165) is 55.8 Å². The van der Waals surface area contributed by atoms with Crippen LogP contribution in [0.15, 0.2) is 224 Å². The van der Waals surface area contributed by atoms with E-state index >= 15 is 0 Å². The Bertz CT molecular complexity index is 3620. The highest BCUT2D eigenvalue weighted by atomic mass is 32.1. The Labute approximate surface area is 367 Å². The summed E-state index contributed by atoms with van der Waals surface area (Å²) >= 11 is 1.12. The van der Waals surface area contributed by atoms with Crippen molar-refractivity contribution < 1.29 is 8.22 Å². The van der Waals surface area contributed by atoms with Gasteiger partial charge in [0.2, 0.25) is 0 Å². The normalized spacial score (nSPS) is 12.7. The van der Waals surface area contributed by atoms with Crippen molar-refractivity contribution in [3.05, 3.63) is 224 Å². The van der Waals surface area contributed by atoms with Crippen LogP contribution in [0.25, 0.3) is 110 Å². The average Bonchev–Trinajstić information content (AvgIpc) is 3.79. The van der Waals surface area contributed by atoms with Crippen LogP contribution in [0.1, 0.15) is 8.22 Å². The molecule has 0 spiro atoms. The maximum Gasteiger partial charge on any atom is 0.164 e. The lowest BCUT2D eigenvalue weighted by Crippen LogP contribution is -2.00. The van der Waals surface area contributed by atoms with Gasteiger partial charge in [-0.25, -0.2) is 15.0 Å². The first-order valence-electron chi connectivity index (χ1n) is 23.0. The number of fused-ring (bicyclic) bond motifs is 3. The molecule has 0 aliphatic heterocycles. The van der Waals surface area contributed by atoms with Crippen molar-refractivity contribution >= 4 is 31.5 Å². The SMILES string of the molecule is [2H]c1c([2H])c(-c2ccccc2)c2c(sc3c([2H])c(-c4nc(-c5ccc(-c6cccc(-c7ccccc7)c6)cc5)nc(-c5cc(-c6ccccc6)cc(-c6ccccc6)c5)n4)c([2H])c([2H])c32)c1[2H]. The number of rotatable bonds is 8. The van der Waals surface area contributed by atoms with Crippen LogP contribution in [0.3, 0.4) is 0 Å². The fourth-order valence-electron chi connectivity index (χ4n) is 7.80. The number of nitrogens with zero attached hydrogens (tertiary/aromatic N) is 3. The molecule has 61 heavy (non-hydrogen) atoms. The Morgan fingerprint density at radius 1 is 0.328 bits per heavy atom. The Morgan fingerprint density at radius 2 is 0.770 bits per heavy atom. The molecule has 0 bridgehead atoms. The number of benzene rings is 9. The van der Waals surface area contributed by atoms with Gasteiger partial charge in [0.25, 0.3) is 0 Å². The fraction of sp³-hybridized carbons (Fsp3) is 0. The zero-order chi connectivity index (χ0) is 45.8. The van der Waals surface area contributed by atoms with Crippen molar-refractivity contribution in [3.8, 4) is 89.8 Å². The molecule has 2 aromatic heterocycles. The van der Waals surface area contributed by atoms with Crippen molar-refractivity contribution in [2.24, 2.45) is 0 Å². The predicted molar refractivity (Wildman–Crippen MR) is 256 cm³/mol. The molecule has 0 N–H and O–H groups in total. The van der Waals surface area contributed by atoms with Gasteiger partial charge in [-0.2, -0.15) is 0 Å². The van der Waals surface area contributed by atoms with E-state index in [4.69, 9.17) is 19.1 Å². The minimum atomic E-state index is -0.260. The zero-order valence-corrected chi connectivity index (χ0v) is 33.5. The van der Waals surface area contributed by atoms with Crippen LogP contribution >= 0.6 is 11.3 Å². The zero-order valence-electron chi connectivity index (χ0n) is 38.6. The summed E-state index contributed by atoms with van der Waals surface area (Å²) in [5, 5.41) is 0.720. The maximum atomic E-state index is 9.80. The Morgan fingerprint density at radius 3 is 1.36 bits per heavy atom. The van der Waals surface area contributed by atoms with Crippen LogP contribution in [-0.4, -0.2) is 15.0 Å². The molecule has 11 rings (SSSR count). The van der Waals surface area contributed by atoms with Gasteiger partial charge in [-0.15, -0.1) is 11.3 Å². The van der Waals surface area contributed by atoms with Crippen LogP contribution < -0.4 is 0 Å². The first-order chi connectivity index (χ1) is 32.7. The summed E-state index contributed by atoms with van der Waals surface area (Å²) in [7, 11) is 0. The highest BCUT2D eigenvalue weighted by Gasteiger charge is 2.17. The smallest absolute Gasteiger partial charge is 0.164 e. The van der Waals surface area contributed by atoms with Gasteiger partial charge in [0, 0.05) is 36.9 Å². The topological polar surface area (TPSA) is 38.7 Å². The first-order valence-corrected chi connectivity index (χ1v) is 20.8. The van der Waals surface area contributed by atoms with Crippen molar-refractivity contribution in [3.63, 3.8) is 0 Å². The van der Waals surface area contributed by atoms with Gasteiger partial charge in [0.15, 0.2) is 17.5 Å². The summed E-state index contributed by atoms with van der Waals surface area (Å²) in [4.78, 5) is 15.2.